The number of hydrogen-bond acceptors (Lipinski definition) is 3. The van der Waals surface area contributed by atoms with Crippen molar-refractivity contribution in [2.24, 2.45) is 0 Å². The van der Waals surface area contributed by atoms with Gasteiger partial charge in [0.15, 0.2) is 0 Å². The molecule has 4 nitrogen and oxygen atoms in total. The van der Waals surface area contributed by atoms with Crippen LogP contribution in [0.1, 0.15) is 0 Å². The van der Waals surface area contributed by atoms with Gasteiger partial charge in [0.25, 0.3) is 10.0 Å². The number of benzene rings is 2. The van der Waals surface area contributed by atoms with E-state index >= 15 is 0 Å². The van der Waals surface area contributed by atoms with E-state index in [1.807, 2.05) is 0 Å². The summed E-state index contributed by atoms with van der Waals surface area (Å²) in [6, 6.07) is 12.7. The van der Waals surface area contributed by atoms with Gasteiger partial charge in [-0.3, -0.25) is 4.31 Å². The molecule has 0 saturated heterocycles. The molecule has 0 aliphatic rings. The van der Waals surface area contributed by atoms with Gasteiger partial charge in [-0.1, -0.05) is 17.7 Å². The molecule has 2 rings (SSSR count). The van der Waals surface area contributed by atoms with Crippen molar-refractivity contribution in [3.8, 4) is 0 Å². The lowest BCUT2D eigenvalue weighted by Crippen LogP contribution is -2.26. The van der Waals surface area contributed by atoms with Gasteiger partial charge < -0.3 is 5.73 Å². The predicted molar refractivity (Wildman–Crippen MR) is 77.9 cm³/mol. The molecule has 100 valence electrons. The van der Waals surface area contributed by atoms with Crippen LogP contribution in [0.15, 0.2) is 53.4 Å². The number of nitrogen functional groups attached to an aromatic ring is 1. The molecule has 0 spiro atoms. The second kappa shape index (κ2) is 5.11. The summed E-state index contributed by atoms with van der Waals surface area (Å²) in [7, 11) is -2.12. The average molecular weight is 297 g/mol. The minimum Gasteiger partial charge on any atom is -0.399 e. The minimum atomic E-state index is -3.61. The number of sulfonamides is 1. The van der Waals surface area contributed by atoms with Crippen LogP contribution >= 0.6 is 11.6 Å². The van der Waals surface area contributed by atoms with Crippen LogP contribution in [0.5, 0.6) is 0 Å². The first-order valence-electron chi connectivity index (χ1n) is 5.51. The van der Waals surface area contributed by atoms with E-state index in [0.717, 1.165) is 0 Å². The van der Waals surface area contributed by atoms with Crippen LogP contribution in [0.4, 0.5) is 11.4 Å². The van der Waals surface area contributed by atoms with Crippen molar-refractivity contribution in [2.75, 3.05) is 17.1 Å². The lowest BCUT2D eigenvalue weighted by Gasteiger charge is -2.19. The van der Waals surface area contributed by atoms with E-state index in [1.54, 1.807) is 36.4 Å². The average Bonchev–Trinajstić information content (AvgIpc) is 2.38. The molecule has 0 amide bonds. The van der Waals surface area contributed by atoms with Gasteiger partial charge in [0.2, 0.25) is 0 Å². The maximum atomic E-state index is 12.4. The summed E-state index contributed by atoms with van der Waals surface area (Å²) in [6.07, 6.45) is 0. The monoisotopic (exact) mass is 296 g/mol. The molecule has 2 aromatic carbocycles. The van der Waals surface area contributed by atoms with Crippen LogP contribution in [-0.4, -0.2) is 15.5 Å². The Kier molecular flexibility index (Phi) is 3.68. The Morgan fingerprint density at radius 2 is 1.74 bits per heavy atom. The number of nitrogens with zero attached hydrogens (tertiary/aromatic N) is 1. The zero-order chi connectivity index (χ0) is 14.0. The maximum absolute atomic E-state index is 12.4. The molecule has 0 aliphatic heterocycles. The van der Waals surface area contributed by atoms with Crippen molar-refractivity contribution in [3.63, 3.8) is 0 Å². The third-order valence-electron chi connectivity index (χ3n) is 2.71. The highest BCUT2D eigenvalue weighted by molar-refractivity contribution is 7.92. The lowest BCUT2D eigenvalue weighted by molar-refractivity contribution is 0.594. The fourth-order valence-electron chi connectivity index (χ4n) is 1.62. The van der Waals surface area contributed by atoms with Crippen molar-refractivity contribution in [1.29, 1.82) is 0 Å². The van der Waals surface area contributed by atoms with Crippen LogP contribution in [0.3, 0.4) is 0 Å². The van der Waals surface area contributed by atoms with Crippen LogP contribution in [0.2, 0.25) is 5.02 Å². The SMILES string of the molecule is CN(c1cccc(N)c1)S(=O)(=O)c1ccc(Cl)cc1. The first-order valence-corrected chi connectivity index (χ1v) is 7.33. The summed E-state index contributed by atoms with van der Waals surface area (Å²) in [4.78, 5) is 0.182. The fraction of sp³-hybridized carbons (Fsp3) is 0.0769. The molecule has 0 fully saturated rings. The molecule has 19 heavy (non-hydrogen) atoms. The summed E-state index contributed by atoms with van der Waals surface area (Å²) in [5, 5.41) is 0.491. The summed E-state index contributed by atoms with van der Waals surface area (Å²) in [5.74, 6) is 0. The quantitative estimate of drug-likeness (QED) is 0.886. The Labute approximate surface area is 117 Å². The van der Waals surface area contributed by atoms with Gasteiger partial charge in [-0.2, -0.15) is 0 Å². The summed E-state index contributed by atoms with van der Waals surface area (Å²) < 4.78 is 26.0. The second-order valence-electron chi connectivity index (χ2n) is 4.02. The van der Waals surface area contributed by atoms with Crippen molar-refractivity contribution in [1.82, 2.24) is 0 Å². The second-order valence-corrected chi connectivity index (χ2v) is 6.43. The highest BCUT2D eigenvalue weighted by Crippen LogP contribution is 2.24. The van der Waals surface area contributed by atoms with E-state index < -0.39 is 10.0 Å². The molecule has 0 saturated carbocycles. The number of anilines is 2. The van der Waals surface area contributed by atoms with Crippen LogP contribution in [-0.2, 0) is 10.0 Å². The topological polar surface area (TPSA) is 63.4 Å². The van der Waals surface area contributed by atoms with Gasteiger partial charge in [0.05, 0.1) is 10.6 Å². The zero-order valence-electron chi connectivity index (χ0n) is 10.2. The fourth-order valence-corrected chi connectivity index (χ4v) is 2.94. The van der Waals surface area contributed by atoms with Crippen LogP contribution < -0.4 is 10.0 Å². The van der Waals surface area contributed by atoms with Gasteiger partial charge in [0, 0.05) is 17.8 Å². The molecule has 0 unspecified atom stereocenters. The molecule has 2 aromatic rings. The summed E-state index contributed by atoms with van der Waals surface area (Å²) >= 11 is 5.75. The summed E-state index contributed by atoms with van der Waals surface area (Å²) in [6.45, 7) is 0. The van der Waals surface area contributed by atoms with Crippen molar-refractivity contribution >= 4 is 33.0 Å². The first-order chi connectivity index (χ1) is 8.91. The minimum absolute atomic E-state index is 0.182. The van der Waals surface area contributed by atoms with Crippen LogP contribution in [0.25, 0.3) is 0 Å². The first kappa shape index (κ1) is 13.7. The standard InChI is InChI=1S/C13H13ClN2O2S/c1-16(12-4-2-3-11(15)9-12)19(17,18)13-7-5-10(14)6-8-13/h2-9H,15H2,1H3. The van der Waals surface area contributed by atoms with Gasteiger partial charge in [-0.05, 0) is 42.5 Å². The van der Waals surface area contributed by atoms with E-state index in [1.165, 1.54) is 23.5 Å². The van der Waals surface area contributed by atoms with Crippen LogP contribution in [0, 0.1) is 0 Å². The molecular weight excluding hydrogens is 284 g/mol. The Morgan fingerprint density at radius 1 is 1.11 bits per heavy atom. The number of nitrogens with two attached hydrogens (primary N) is 1. The van der Waals surface area contributed by atoms with E-state index in [4.69, 9.17) is 17.3 Å². The molecule has 0 aromatic heterocycles. The van der Waals surface area contributed by atoms with E-state index in [0.29, 0.717) is 16.4 Å². The number of halogens is 1. The lowest BCUT2D eigenvalue weighted by atomic mass is 10.3. The summed E-state index contributed by atoms with van der Waals surface area (Å²) in [5.41, 5.74) is 6.68. The Balaban J connectivity index is 2.42. The third kappa shape index (κ3) is 2.83. The van der Waals surface area contributed by atoms with Gasteiger partial charge in [-0.25, -0.2) is 8.42 Å². The maximum Gasteiger partial charge on any atom is 0.264 e. The molecule has 0 radical (unpaired) electrons. The molecule has 2 N–H and O–H groups in total. The molecule has 0 bridgehead atoms. The van der Waals surface area contributed by atoms with Gasteiger partial charge in [-0.15, -0.1) is 0 Å². The molecule has 0 heterocycles. The number of hydrogen-bond donors (Lipinski definition) is 1. The number of rotatable bonds is 3. The molecular formula is C13H13ClN2O2S. The molecule has 0 aliphatic carbocycles. The molecule has 0 atom stereocenters. The van der Waals surface area contributed by atoms with Gasteiger partial charge in [0.1, 0.15) is 0 Å². The largest absolute Gasteiger partial charge is 0.399 e. The van der Waals surface area contributed by atoms with E-state index in [2.05, 4.69) is 0 Å². The molecule has 6 heteroatoms. The highest BCUT2D eigenvalue weighted by Gasteiger charge is 2.21. The van der Waals surface area contributed by atoms with Gasteiger partial charge >= 0.3 is 0 Å². The van der Waals surface area contributed by atoms with Crippen molar-refractivity contribution in [2.45, 2.75) is 4.90 Å². The van der Waals surface area contributed by atoms with Crippen molar-refractivity contribution < 1.29 is 8.42 Å². The Hall–Kier alpha value is -1.72. The Morgan fingerprint density at radius 3 is 2.32 bits per heavy atom. The zero-order valence-corrected chi connectivity index (χ0v) is 11.8. The highest BCUT2D eigenvalue weighted by atomic mass is 35.5. The Bertz CT molecular complexity index is 684. The van der Waals surface area contributed by atoms with E-state index in [9.17, 15) is 8.42 Å². The van der Waals surface area contributed by atoms with Crippen molar-refractivity contribution in [3.05, 3.63) is 53.6 Å². The van der Waals surface area contributed by atoms with E-state index in [-0.39, 0.29) is 4.90 Å². The smallest absolute Gasteiger partial charge is 0.264 e. The third-order valence-corrected chi connectivity index (χ3v) is 4.76. The predicted octanol–water partition coefficient (Wildman–Crippen LogP) is 2.75. The normalized spacial score (nSPS) is 11.3.